The Morgan fingerprint density at radius 2 is 0.621 bits per heavy atom. The molecule has 0 radical (unpaired) electrons. The molecule has 64 heteroatoms. The average molecular weight is 2120 g/mol. The van der Waals surface area contributed by atoms with Gasteiger partial charge in [0.2, 0.25) is 35.4 Å². The van der Waals surface area contributed by atoms with Crippen LogP contribution in [0.1, 0.15) is 54.9 Å². The predicted octanol–water partition coefficient (Wildman–Crippen LogP) is -23.9. The van der Waals surface area contributed by atoms with Crippen molar-refractivity contribution < 1.29 is 286 Å². The number of amides is 6. The molecule has 0 saturated carbocycles. The molecule has 145 heavy (non-hydrogen) atoms. The van der Waals surface area contributed by atoms with Crippen LogP contribution in [-0.2, 0) is 133 Å². The van der Waals surface area contributed by atoms with E-state index in [4.69, 9.17) is 99.5 Å². The molecule has 11 aliphatic rings. The molecule has 11 rings (SSSR count). The van der Waals surface area contributed by atoms with Crippen molar-refractivity contribution in [2.75, 3.05) is 66.1 Å². The summed E-state index contributed by atoms with van der Waals surface area (Å²) in [4.78, 5) is 90.5. The van der Waals surface area contributed by atoms with Crippen molar-refractivity contribution in [1.29, 1.82) is 0 Å². The van der Waals surface area contributed by atoms with Crippen LogP contribution in [0.2, 0.25) is 0 Å². The summed E-state index contributed by atoms with van der Waals surface area (Å²) in [5.74, 6) is -11.0. The maximum absolute atomic E-state index is 13.6. The topological polar surface area (TPSA) is 992 Å². The molecule has 11 heterocycles. The van der Waals surface area contributed by atoms with E-state index in [1.54, 1.807) is 0 Å². The Morgan fingerprint density at radius 3 is 1.07 bits per heavy atom. The number of carbonyl (C=O) groups excluding carboxylic acids is 6. The smallest absolute Gasteiger partial charge is 0.364 e. The van der Waals surface area contributed by atoms with Gasteiger partial charge in [0.1, 0.15) is 256 Å². The van der Waals surface area contributed by atoms with Crippen LogP contribution in [0, 0.1) is 0 Å². The fraction of sp³-hybridized carbons (Fsp3) is 0.914. The number of ether oxygens (including phenoxy) is 21. The second-order valence-corrected chi connectivity index (χ2v) is 36.7. The third-order valence-electron chi connectivity index (χ3n) is 26.3. The van der Waals surface area contributed by atoms with Crippen molar-refractivity contribution in [3.8, 4) is 0 Å². The van der Waals surface area contributed by atoms with Crippen LogP contribution in [0.3, 0.4) is 0 Å². The van der Waals surface area contributed by atoms with E-state index in [2.05, 4.69) is 31.9 Å². The standard InChI is InChI=1S/C81H134N6O58/c1-19-43(103)55(115)58(118)75(128-19)125-17-36-65(52(112)38(70(122)129-36)83-21(3)96)139-73-41(86-24(6)99)53(113)63(32(14-93)133-73)141-77-61(121)67(49(109)34(136-77)16-126-78-68(57(117)47(107)30(12-91)132-78)143-72-40(85-23(5)98)51(111)46(106)29(11-90)131-72)142-79-69(60(120)64(33(15-94)135-79)138-71-39(84-22(4)97)50(110)45(105)28(10-89)130-71)144-74-42(87-25(7)100)54(114)62(31(13-92)134-74)140-76-59(119)56(116)48(108)35(137-76)18-127-81(80(123)124)8-26(101)37(82-20(2)95)66(145-81)44(104)27(102)9-88/h19,26-79,88-94,101-122H,8-18H2,1-7H3,(H,82,95)(H,83,96)(H,84,97)(H,85,98)(H,86,99)(H,87,100)(H,123,124)/t19-,26-,27+,28+,29+,30+,31+,32+,33+,34+,35+,36+,37+,38+,39+,40+,41+,42-,43+,44+,45+,46+,47+,48-,49+,50+,51+,52+,53+,54+,55+,56-,57-,58-,59+,60-,61-,62+,63+,64+,65+,66+,67-,68-,69-,70+,71-,72-,73-,74-,75+,76-,77-,78-,79+,81+/m0/s1. The highest BCUT2D eigenvalue weighted by Gasteiger charge is 2.64. The van der Waals surface area contributed by atoms with Gasteiger partial charge in [-0.15, -0.1) is 0 Å². The maximum Gasteiger partial charge on any atom is 0.364 e. The molecule has 0 aliphatic carbocycles. The van der Waals surface area contributed by atoms with Gasteiger partial charge in [-0.3, -0.25) is 28.8 Å². The van der Waals surface area contributed by atoms with Gasteiger partial charge in [0.25, 0.3) is 5.79 Å². The summed E-state index contributed by atoms with van der Waals surface area (Å²) in [6.45, 7) is -5.38. The first-order valence-electron chi connectivity index (χ1n) is 46.1. The van der Waals surface area contributed by atoms with Gasteiger partial charge in [0.15, 0.2) is 62.9 Å². The number of aliphatic carboxylic acids is 1. The Balaban J connectivity index is 0.964. The first kappa shape index (κ1) is 120. The fourth-order valence-corrected chi connectivity index (χ4v) is 18.7. The quantitative estimate of drug-likeness (QED) is 0.0272. The highest BCUT2D eigenvalue weighted by atomic mass is 16.8. The number of carboxylic acid groups (broad SMARTS) is 1. The lowest BCUT2D eigenvalue weighted by molar-refractivity contribution is -0.405. The molecule has 0 aromatic heterocycles. The van der Waals surface area contributed by atoms with Gasteiger partial charge in [-0.1, -0.05) is 0 Å². The third kappa shape index (κ3) is 27.0. The summed E-state index contributed by atoms with van der Waals surface area (Å²) in [5, 5.41) is 355. The SMILES string of the molecule is CC(=O)N[C@@H]1[C@H](O[C@@H]2[C@@H](O[C@@H]3[C@H](O)[C@H](O[C@H]4[C@H](O)[C@@H](NC(C)=O)[C@H](O[C@H]5[C@H](O)[C@@H](NC(C)=O)[C@H](O)O[C@@H]5CO[C@@H]5O[C@@H](C)[C@@H](O)[C@@H](O)[C@@H]5O)O[C@@H]4CO)O[C@H](CO[C@H]4O[C@H](CO)[C@@H](O)[C@H](O)[C@@H]4O[C@@H]4O[C@H](CO)[C@@H](O)[C@H](O)[C@H]4NC(C)=O)[C@H]3O)O[C@H](CO)[C@@H](O[C@@H]3O[C@H](CO)[C@@H](O)[C@H](O)[C@H]3NC(C)=O)[C@@H]2O)O[C@H](CO)[C@@H](O[C@@H]2O[C@H](CO[C@]3(C(=O)O)C[C@H](O)[C@@H](NC(C)=O)[C@H]([C@H](O)[C@H](O)CO)O3)[C@H](O)[C@H](O)[C@H]2O)[C@@H]1O. The molecular formula is C81H134N6O58. The van der Waals surface area contributed by atoms with E-state index in [9.17, 15) is 187 Å². The van der Waals surface area contributed by atoms with Crippen molar-refractivity contribution in [1.82, 2.24) is 31.9 Å². The van der Waals surface area contributed by atoms with Crippen molar-refractivity contribution in [3.63, 3.8) is 0 Å². The first-order valence-corrected chi connectivity index (χ1v) is 46.1. The van der Waals surface area contributed by atoms with E-state index in [0.29, 0.717) is 0 Å². The third-order valence-corrected chi connectivity index (χ3v) is 26.3. The van der Waals surface area contributed by atoms with E-state index in [-0.39, 0.29) is 0 Å². The number of carboxylic acids is 1. The first-order chi connectivity index (χ1) is 68.3. The number of nitrogens with one attached hydrogen (secondary N) is 6. The summed E-state index contributed by atoms with van der Waals surface area (Å²) in [6.07, 6.45) is -109. The Bertz CT molecular complexity index is 4150. The minimum absolute atomic E-state index is 0.822. The van der Waals surface area contributed by atoms with Gasteiger partial charge >= 0.3 is 5.97 Å². The monoisotopic (exact) mass is 2120 g/mol. The normalized spacial score (nSPS) is 47.2. The second-order valence-electron chi connectivity index (χ2n) is 36.7. The van der Waals surface area contributed by atoms with Crippen molar-refractivity contribution in [2.24, 2.45) is 0 Å². The van der Waals surface area contributed by atoms with Gasteiger partial charge in [-0.2, -0.15) is 0 Å². The average Bonchev–Trinajstić information content (AvgIpc) is 0.763. The number of rotatable bonds is 39. The number of carbonyl (C=O) groups is 7. The van der Waals surface area contributed by atoms with Crippen LogP contribution in [0.4, 0.5) is 0 Å². The summed E-state index contributed by atoms with van der Waals surface area (Å²) in [5.41, 5.74) is 0. The van der Waals surface area contributed by atoms with E-state index < -0.39 is 457 Å². The zero-order valence-corrected chi connectivity index (χ0v) is 78.4. The summed E-state index contributed by atoms with van der Waals surface area (Å²) in [7, 11) is 0. The molecule has 36 N–H and O–H groups in total. The maximum atomic E-state index is 13.6. The molecule has 64 nitrogen and oxygen atoms in total. The fourth-order valence-electron chi connectivity index (χ4n) is 18.7. The van der Waals surface area contributed by atoms with Crippen molar-refractivity contribution >= 4 is 41.4 Å². The number of aliphatic hydroxyl groups excluding tert-OH is 29. The molecule has 836 valence electrons. The zero-order valence-electron chi connectivity index (χ0n) is 78.4. The van der Waals surface area contributed by atoms with Crippen LogP contribution in [-0.4, -0.2) is 604 Å². The molecule has 56 atom stereocenters. The van der Waals surface area contributed by atoms with E-state index >= 15 is 0 Å². The molecule has 11 saturated heterocycles. The van der Waals surface area contributed by atoms with E-state index in [1.165, 1.54) is 6.92 Å². The molecule has 0 bridgehead atoms. The Kier molecular flexibility index (Phi) is 42.7. The lowest BCUT2D eigenvalue weighted by Crippen LogP contribution is -2.71. The van der Waals surface area contributed by atoms with Crippen LogP contribution < -0.4 is 31.9 Å². The van der Waals surface area contributed by atoms with Crippen molar-refractivity contribution in [2.45, 2.75) is 398 Å². The van der Waals surface area contributed by atoms with Gasteiger partial charge < -0.3 is 285 Å². The van der Waals surface area contributed by atoms with Crippen LogP contribution in [0.5, 0.6) is 0 Å². The number of aliphatic hydroxyl groups is 29. The summed E-state index contributed by atoms with van der Waals surface area (Å²) < 4.78 is 127. The Labute approximate surface area is 821 Å². The molecule has 6 amide bonds. The lowest BCUT2D eigenvalue weighted by Gasteiger charge is -2.52. The highest BCUT2D eigenvalue weighted by Crippen LogP contribution is 2.43. The van der Waals surface area contributed by atoms with Gasteiger partial charge in [-0.25, -0.2) is 4.79 Å². The molecule has 11 aliphatic heterocycles. The van der Waals surface area contributed by atoms with Gasteiger partial charge in [-0.05, 0) is 6.92 Å². The molecule has 11 fully saturated rings. The molecule has 0 spiro atoms. The van der Waals surface area contributed by atoms with Gasteiger partial charge in [0.05, 0.1) is 84.3 Å². The van der Waals surface area contributed by atoms with E-state index in [0.717, 1.165) is 41.5 Å². The summed E-state index contributed by atoms with van der Waals surface area (Å²) in [6, 6.07) is -11.7. The largest absolute Gasteiger partial charge is 0.477 e. The van der Waals surface area contributed by atoms with Crippen LogP contribution in [0.15, 0.2) is 0 Å². The van der Waals surface area contributed by atoms with Gasteiger partial charge in [0, 0.05) is 48.0 Å². The van der Waals surface area contributed by atoms with E-state index in [1.807, 2.05) is 0 Å². The number of hydrogen-bond acceptors (Lipinski definition) is 57. The van der Waals surface area contributed by atoms with Crippen LogP contribution >= 0.6 is 0 Å². The zero-order chi connectivity index (χ0) is 107. The second kappa shape index (κ2) is 51.8. The number of hydrogen-bond donors (Lipinski definition) is 36. The lowest BCUT2D eigenvalue weighted by atomic mass is 9.88. The Hall–Kier alpha value is -5.71. The predicted molar refractivity (Wildman–Crippen MR) is 448 cm³/mol. The highest BCUT2D eigenvalue weighted by molar-refractivity contribution is 5.77. The molecule has 0 aromatic carbocycles. The molecule has 0 unspecified atom stereocenters. The minimum Gasteiger partial charge on any atom is -0.477 e. The van der Waals surface area contributed by atoms with Crippen molar-refractivity contribution in [3.05, 3.63) is 0 Å². The minimum atomic E-state index is -3.16. The molecule has 0 aromatic rings. The Morgan fingerprint density at radius 1 is 0.297 bits per heavy atom. The summed E-state index contributed by atoms with van der Waals surface area (Å²) >= 11 is 0. The van der Waals surface area contributed by atoms with Crippen LogP contribution in [0.25, 0.3) is 0 Å². The molecular weight excluding hydrogens is 1980 g/mol.